The molecule has 5 nitrogen and oxygen atoms in total. The molecule has 208 valence electrons. The number of methoxy groups -OCH3 is 1. The number of carbonyl (C=O) groups excluding carboxylic acids is 2. The van der Waals surface area contributed by atoms with E-state index < -0.39 is 17.6 Å². The Balaban J connectivity index is 1.46. The number of rotatable bonds is 8. The van der Waals surface area contributed by atoms with Crippen LogP contribution in [0.3, 0.4) is 0 Å². The van der Waals surface area contributed by atoms with Crippen LogP contribution in [0.25, 0.3) is 17.2 Å². The molecule has 0 radical (unpaired) electrons. The van der Waals surface area contributed by atoms with Crippen molar-refractivity contribution in [3.63, 3.8) is 0 Å². The van der Waals surface area contributed by atoms with Gasteiger partial charge in [0.15, 0.2) is 0 Å². The van der Waals surface area contributed by atoms with Crippen LogP contribution in [-0.2, 0) is 14.3 Å². The zero-order valence-corrected chi connectivity index (χ0v) is 23.6. The van der Waals surface area contributed by atoms with E-state index in [0.29, 0.717) is 23.1 Å². The number of carbonyl (C=O) groups is 2. The van der Waals surface area contributed by atoms with Gasteiger partial charge in [-0.3, -0.25) is 4.79 Å². The van der Waals surface area contributed by atoms with Gasteiger partial charge in [0.25, 0.3) is 0 Å². The zero-order valence-electron chi connectivity index (χ0n) is 22.8. The Morgan fingerprint density at radius 2 is 1.68 bits per heavy atom. The fourth-order valence-electron chi connectivity index (χ4n) is 5.77. The first-order valence-corrected chi connectivity index (χ1v) is 14.1. The second-order valence-corrected chi connectivity index (χ2v) is 11.7. The van der Waals surface area contributed by atoms with Gasteiger partial charge >= 0.3 is 5.97 Å². The molecule has 0 saturated heterocycles. The van der Waals surface area contributed by atoms with Gasteiger partial charge in [-0.15, -0.1) is 0 Å². The van der Waals surface area contributed by atoms with Crippen molar-refractivity contribution in [2.75, 3.05) is 30.4 Å². The summed E-state index contributed by atoms with van der Waals surface area (Å²) in [5.41, 5.74) is 3.33. The second kappa shape index (κ2) is 11.8. The number of benzene rings is 3. The van der Waals surface area contributed by atoms with Gasteiger partial charge in [0.1, 0.15) is 11.6 Å². The molecule has 0 aromatic heterocycles. The van der Waals surface area contributed by atoms with Crippen molar-refractivity contribution >= 4 is 41.3 Å². The molecule has 3 aromatic carbocycles. The molecule has 40 heavy (non-hydrogen) atoms. The molecule has 1 amide bonds. The summed E-state index contributed by atoms with van der Waals surface area (Å²) in [7, 11) is 5.18. The molecule has 2 bridgehead atoms. The van der Waals surface area contributed by atoms with Crippen molar-refractivity contribution in [3.8, 4) is 11.1 Å². The van der Waals surface area contributed by atoms with E-state index in [1.165, 1.54) is 41.8 Å². The van der Waals surface area contributed by atoms with Crippen LogP contribution in [0.15, 0.2) is 71.6 Å². The van der Waals surface area contributed by atoms with Crippen LogP contribution in [-0.4, -0.2) is 33.1 Å². The number of esters is 1. The zero-order chi connectivity index (χ0) is 28.4. The number of nitrogens with zero attached hydrogens (tertiary/aromatic N) is 2. The SMILES string of the molecule is COC(=O)/C=C/c1cc(F)cc(N(Sc2ccc(-c3ccc(N(C)C)cc3)cc2F)C(=O)C2CC3CCC2C3)c1. The molecule has 0 spiro atoms. The fraction of sp³-hybridized carbons (Fsp3) is 0.312. The third-order valence-corrected chi connectivity index (χ3v) is 8.95. The van der Waals surface area contributed by atoms with Gasteiger partial charge in [-0.1, -0.05) is 24.6 Å². The van der Waals surface area contributed by atoms with Crippen molar-refractivity contribution in [1.29, 1.82) is 0 Å². The van der Waals surface area contributed by atoms with E-state index in [9.17, 15) is 14.0 Å². The standard InChI is InChI=1S/C32H32F2N2O3S/c1-35(2)26-10-7-22(8-11-26)23-9-12-30(29(34)18-23)40-36(32(38)28-17-20-4-6-24(28)14-20)27-16-21(15-25(33)19-27)5-13-31(37)39-3/h5,7-13,15-16,18-20,24,28H,4,6,14,17H2,1-3H3/b13-5+. The molecule has 0 N–H and O–H groups in total. The van der Waals surface area contributed by atoms with Gasteiger partial charge < -0.3 is 9.64 Å². The van der Waals surface area contributed by atoms with Crippen molar-refractivity contribution < 1.29 is 23.1 Å². The quantitative estimate of drug-likeness (QED) is 0.163. The van der Waals surface area contributed by atoms with Crippen LogP contribution in [0, 0.1) is 29.4 Å². The highest BCUT2D eigenvalue weighted by atomic mass is 32.2. The maximum atomic E-state index is 15.5. The third-order valence-electron chi connectivity index (χ3n) is 7.85. The Kier molecular flexibility index (Phi) is 8.26. The largest absolute Gasteiger partial charge is 0.466 e. The summed E-state index contributed by atoms with van der Waals surface area (Å²) in [5.74, 6) is -1.10. The van der Waals surface area contributed by atoms with E-state index in [0.717, 1.165) is 54.4 Å². The van der Waals surface area contributed by atoms with Gasteiger partial charge in [0.2, 0.25) is 5.91 Å². The Morgan fingerprint density at radius 3 is 2.30 bits per heavy atom. The Bertz CT molecular complexity index is 1440. The highest BCUT2D eigenvalue weighted by Gasteiger charge is 2.45. The van der Waals surface area contributed by atoms with Crippen molar-refractivity contribution in [3.05, 3.63) is 83.9 Å². The highest BCUT2D eigenvalue weighted by Crippen LogP contribution is 2.50. The number of amides is 1. The van der Waals surface area contributed by atoms with E-state index in [-0.39, 0.29) is 16.7 Å². The number of anilines is 2. The highest BCUT2D eigenvalue weighted by molar-refractivity contribution is 8.01. The van der Waals surface area contributed by atoms with Crippen LogP contribution < -0.4 is 9.21 Å². The molecular formula is C32H32F2N2O3S. The van der Waals surface area contributed by atoms with Gasteiger partial charge in [-0.2, -0.15) is 0 Å². The molecule has 3 unspecified atom stereocenters. The van der Waals surface area contributed by atoms with E-state index in [1.54, 1.807) is 12.1 Å². The average molecular weight is 563 g/mol. The van der Waals surface area contributed by atoms with E-state index in [4.69, 9.17) is 0 Å². The minimum Gasteiger partial charge on any atom is -0.466 e. The molecule has 2 fully saturated rings. The first kappa shape index (κ1) is 27.9. The van der Waals surface area contributed by atoms with Crippen molar-refractivity contribution in [2.24, 2.45) is 17.8 Å². The summed E-state index contributed by atoms with van der Waals surface area (Å²) < 4.78 is 36.3. The van der Waals surface area contributed by atoms with Crippen molar-refractivity contribution in [2.45, 2.75) is 30.6 Å². The minimum absolute atomic E-state index is 0.145. The van der Waals surface area contributed by atoms with Gasteiger partial charge in [0.05, 0.1) is 17.7 Å². The van der Waals surface area contributed by atoms with Crippen LogP contribution in [0.4, 0.5) is 20.2 Å². The Hall–Kier alpha value is -3.65. The van der Waals surface area contributed by atoms with Crippen LogP contribution >= 0.6 is 11.9 Å². The fourth-order valence-corrected chi connectivity index (χ4v) is 6.68. The number of fused-ring (bicyclic) bond motifs is 2. The maximum Gasteiger partial charge on any atom is 0.330 e. The number of halogens is 2. The Morgan fingerprint density at radius 1 is 0.925 bits per heavy atom. The molecule has 0 heterocycles. The van der Waals surface area contributed by atoms with E-state index in [2.05, 4.69) is 4.74 Å². The molecular weight excluding hydrogens is 530 g/mol. The summed E-state index contributed by atoms with van der Waals surface area (Å²) in [6.07, 6.45) is 6.59. The lowest BCUT2D eigenvalue weighted by Crippen LogP contribution is -2.34. The molecule has 8 heteroatoms. The molecule has 5 rings (SSSR count). The molecule has 3 aromatic rings. The monoisotopic (exact) mass is 562 g/mol. The summed E-state index contributed by atoms with van der Waals surface area (Å²) in [6, 6.07) is 16.9. The van der Waals surface area contributed by atoms with Crippen LogP contribution in [0.2, 0.25) is 0 Å². The third kappa shape index (κ3) is 6.07. The normalized spacial score (nSPS) is 19.7. The number of hydrogen-bond acceptors (Lipinski definition) is 5. The van der Waals surface area contributed by atoms with Crippen LogP contribution in [0.1, 0.15) is 31.2 Å². The second-order valence-electron chi connectivity index (χ2n) is 10.7. The first-order chi connectivity index (χ1) is 19.2. The molecule has 0 aliphatic heterocycles. The summed E-state index contributed by atoms with van der Waals surface area (Å²) >= 11 is 0.967. The number of ether oxygens (including phenoxy) is 1. The van der Waals surface area contributed by atoms with Gasteiger partial charge in [-0.05, 0) is 108 Å². The lowest BCUT2D eigenvalue weighted by atomic mass is 9.88. The lowest BCUT2D eigenvalue weighted by Gasteiger charge is -2.29. The predicted octanol–water partition coefficient (Wildman–Crippen LogP) is 7.36. The Labute approximate surface area is 237 Å². The number of hydrogen-bond donors (Lipinski definition) is 0. The molecule has 2 aliphatic rings. The molecule has 3 atom stereocenters. The molecule has 2 aliphatic carbocycles. The summed E-state index contributed by atoms with van der Waals surface area (Å²) in [4.78, 5) is 27.8. The van der Waals surface area contributed by atoms with Crippen molar-refractivity contribution in [1.82, 2.24) is 0 Å². The molecule has 2 saturated carbocycles. The summed E-state index contributed by atoms with van der Waals surface area (Å²) in [6.45, 7) is 0. The van der Waals surface area contributed by atoms with E-state index >= 15 is 4.39 Å². The van der Waals surface area contributed by atoms with Crippen LogP contribution in [0.5, 0.6) is 0 Å². The predicted molar refractivity (Wildman–Crippen MR) is 156 cm³/mol. The maximum absolute atomic E-state index is 15.5. The smallest absolute Gasteiger partial charge is 0.330 e. The van der Waals surface area contributed by atoms with Gasteiger partial charge in [-0.25, -0.2) is 17.9 Å². The van der Waals surface area contributed by atoms with E-state index in [1.807, 2.05) is 49.3 Å². The minimum atomic E-state index is -0.575. The summed E-state index contributed by atoms with van der Waals surface area (Å²) in [5, 5.41) is 0. The van der Waals surface area contributed by atoms with Gasteiger partial charge in [0, 0.05) is 31.8 Å². The average Bonchev–Trinajstić information content (AvgIpc) is 3.59. The first-order valence-electron chi connectivity index (χ1n) is 13.4. The topological polar surface area (TPSA) is 49.9 Å². The lowest BCUT2D eigenvalue weighted by molar-refractivity contribution is -0.134.